The lowest BCUT2D eigenvalue weighted by molar-refractivity contribution is -0.139. The van der Waals surface area contributed by atoms with E-state index in [1.807, 2.05) is 0 Å². The highest BCUT2D eigenvalue weighted by Gasteiger charge is 2.20. The first-order chi connectivity index (χ1) is 7.63. The van der Waals surface area contributed by atoms with Gasteiger partial charge in [-0.15, -0.1) is 0 Å². The van der Waals surface area contributed by atoms with E-state index in [0.29, 0.717) is 13.0 Å². The molecule has 0 radical (unpaired) electrons. The lowest BCUT2D eigenvalue weighted by atomic mass is 10.2. The second kappa shape index (κ2) is 6.35. The van der Waals surface area contributed by atoms with Crippen molar-refractivity contribution in [2.75, 3.05) is 6.54 Å². The Balaban J connectivity index is 2.06. The number of urea groups is 1. The van der Waals surface area contributed by atoms with Crippen LogP contribution in [0.4, 0.5) is 4.79 Å². The van der Waals surface area contributed by atoms with Gasteiger partial charge in [-0.1, -0.05) is 19.8 Å². The van der Waals surface area contributed by atoms with E-state index in [-0.39, 0.29) is 6.03 Å². The van der Waals surface area contributed by atoms with Crippen molar-refractivity contribution in [3.05, 3.63) is 0 Å². The van der Waals surface area contributed by atoms with Crippen molar-refractivity contribution in [2.24, 2.45) is 5.92 Å². The van der Waals surface area contributed by atoms with Crippen molar-refractivity contribution in [3.8, 4) is 0 Å². The monoisotopic (exact) mass is 228 g/mol. The number of hydrogen-bond acceptors (Lipinski definition) is 2. The summed E-state index contributed by atoms with van der Waals surface area (Å²) in [4.78, 5) is 21.9. The third kappa shape index (κ3) is 5.00. The van der Waals surface area contributed by atoms with E-state index in [0.717, 1.165) is 18.8 Å². The second-order valence-corrected chi connectivity index (χ2v) is 4.28. The van der Waals surface area contributed by atoms with Crippen LogP contribution in [-0.2, 0) is 4.79 Å². The molecule has 2 amide bonds. The maximum Gasteiger partial charge on any atom is 0.326 e. The van der Waals surface area contributed by atoms with Crippen LogP contribution in [0.1, 0.15) is 39.0 Å². The summed E-state index contributed by atoms with van der Waals surface area (Å²) >= 11 is 0. The highest BCUT2D eigenvalue weighted by molar-refractivity contribution is 5.82. The van der Waals surface area contributed by atoms with Crippen LogP contribution in [0.3, 0.4) is 0 Å². The summed E-state index contributed by atoms with van der Waals surface area (Å²) in [5.74, 6) is -0.122. The van der Waals surface area contributed by atoms with Gasteiger partial charge < -0.3 is 15.7 Å². The van der Waals surface area contributed by atoms with Crippen molar-refractivity contribution in [1.29, 1.82) is 0 Å². The predicted octanol–water partition coefficient (Wildman–Crippen LogP) is 1.34. The van der Waals surface area contributed by atoms with Crippen LogP contribution in [0, 0.1) is 5.92 Å². The third-order valence-corrected chi connectivity index (χ3v) is 2.78. The Morgan fingerprint density at radius 2 is 2.12 bits per heavy atom. The van der Waals surface area contributed by atoms with Crippen molar-refractivity contribution >= 4 is 12.0 Å². The lowest BCUT2D eigenvalue weighted by Crippen LogP contribution is -2.45. The largest absolute Gasteiger partial charge is 0.480 e. The normalized spacial score (nSPS) is 16.6. The molecule has 1 atom stereocenters. The maximum atomic E-state index is 11.3. The molecule has 16 heavy (non-hydrogen) atoms. The van der Waals surface area contributed by atoms with Gasteiger partial charge in [-0.25, -0.2) is 9.59 Å². The smallest absolute Gasteiger partial charge is 0.326 e. The molecule has 3 N–H and O–H groups in total. The van der Waals surface area contributed by atoms with E-state index in [9.17, 15) is 9.59 Å². The van der Waals surface area contributed by atoms with Gasteiger partial charge in [-0.2, -0.15) is 0 Å². The average molecular weight is 228 g/mol. The van der Waals surface area contributed by atoms with Crippen molar-refractivity contribution < 1.29 is 14.7 Å². The average Bonchev–Trinajstić information content (AvgIpc) is 3.04. The Morgan fingerprint density at radius 3 is 2.62 bits per heavy atom. The van der Waals surface area contributed by atoms with Crippen LogP contribution >= 0.6 is 0 Å². The Morgan fingerprint density at radius 1 is 1.44 bits per heavy atom. The van der Waals surface area contributed by atoms with E-state index in [4.69, 9.17) is 5.11 Å². The van der Waals surface area contributed by atoms with Gasteiger partial charge in [0.2, 0.25) is 0 Å². The van der Waals surface area contributed by atoms with Crippen LogP contribution in [0.15, 0.2) is 0 Å². The molecule has 1 fully saturated rings. The molecule has 0 saturated heterocycles. The molecule has 1 aliphatic rings. The summed E-state index contributed by atoms with van der Waals surface area (Å²) in [6.07, 6.45) is 5.18. The molecular formula is C11H20N2O3. The fourth-order valence-corrected chi connectivity index (χ4v) is 1.55. The summed E-state index contributed by atoms with van der Waals surface area (Å²) in [5, 5.41) is 13.8. The summed E-state index contributed by atoms with van der Waals surface area (Å²) in [6, 6.07) is -1.17. The molecule has 0 aromatic heterocycles. The summed E-state index contributed by atoms with van der Waals surface area (Å²) in [6.45, 7) is 2.35. The number of nitrogens with one attached hydrogen (secondary N) is 2. The van der Waals surface area contributed by atoms with E-state index in [2.05, 4.69) is 10.6 Å². The molecule has 5 heteroatoms. The molecule has 1 rings (SSSR count). The zero-order chi connectivity index (χ0) is 12.0. The van der Waals surface area contributed by atoms with Crippen molar-refractivity contribution in [2.45, 2.75) is 45.1 Å². The van der Waals surface area contributed by atoms with Crippen LogP contribution < -0.4 is 10.6 Å². The van der Waals surface area contributed by atoms with Crippen molar-refractivity contribution in [3.63, 3.8) is 0 Å². The second-order valence-electron chi connectivity index (χ2n) is 4.28. The first kappa shape index (κ1) is 12.8. The number of carboxylic acid groups (broad SMARTS) is 1. The summed E-state index contributed by atoms with van der Waals surface area (Å²) in [7, 11) is 0. The van der Waals surface area contributed by atoms with Crippen LogP contribution in [0.5, 0.6) is 0 Å². The van der Waals surface area contributed by atoms with Gasteiger partial charge in [0, 0.05) is 6.54 Å². The van der Waals surface area contributed by atoms with E-state index >= 15 is 0 Å². The van der Waals surface area contributed by atoms with Crippen LogP contribution in [0.25, 0.3) is 0 Å². The number of carbonyl (C=O) groups is 2. The number of carbonyl (C=O) groups excluding carboxylic acids is 1. The fraction of sp³-hybridized carbons (Fsp3) is 0.818. The van der Waals surface area contributed by atoms with Gasteiger partial charge in [-0.3, -0.25) is 0 Å². The molecule has 92 valence electrons. The SMILES string of the molecule is CC[C@H](NC(=O)NCCCC1CC1)C(=O)O. The molecule has 0 heterocycles. The molecule has 1 saturated carbocycles. The molecule has 5 nitrogen and oxygen atoms in total. The molecule has 0 spiro atoms. The van der Waals surface area contributed by atoms with Gasteiger partial charge >= 0.3 is 12.0 Å². The fourth-order valence-electron chi connectivity index (χ4n) is 1.55. The van der Waals surface area contributed by atoms with Crippen LogP contribution in [0.2, 0.25) is 0 Å². The minimum absolute atomic E-state index is 0.384. The highest BCUT2D eigenvalue weighted by atomic mass is 16.4. The quantitative estimate of drug-likeness (QED) is 0.575. The first-order valence-corrected chi connectivity index (χ1v) is 5.90. The highest BCUT2D eigenvalue weighted by Crippen LogP contribution is 2.33. The molecule has 0 aromatic carbocycles. The number of amides is 2. The zero-order valence-electron chi connectivity index (χ0n) is 9.66. The van der Waals surface area contributed by atoms with Gasteiger partial charge in [0.15, 0.2) is 0 Å². The zero-order valence-corrected chi connectivity index (χ0v) is 9.66. The first-order valence-electron chi connectivity index (χ1n) is 5.90. The van der Waals surface area contributed by atoms with Gasteiger partial charge in [0.25, 0.3) is 0 Å². The van der Waals surface area contributed by atoms with Gasteiger partial charge in [-0.05, 0) is 25.2 Å². The minimum Gasteiger partial charge on any atom is -0.480 e. The predicted molar refractivity (Wildman–Crippen MR) is 60.2 cm³/mol. The minimum atomic E-state index is -0.990. The Hall–Kier alpha value is -1.26. The van der Waals surface area contributed by atoms with E-state index in [1.165, 1.54) is 12.8 Å². The van der Waals surface area contributed by atoms with Crippen molar-refractivity contribution in [1.82, 2.24) is 10.6 Å². The molecule has 1 aliphatic carbocycles. The number of rotatable bonds is 7. The van der Waals surface area contributed by atoms with E-state index < -0.39 is 12.0 Å². The van der Waals surface area contributed by atoms with Crippen LogP contribution in [-0.4, -0.2) is 29.7 Å². The van der Waals surface area contributed by atoms with Gasteiger partial charge in [0.05, 0.1) is 0 Å². The number of carboxylic acids is 1. The molecule has 0 unspecified atom stereocenters. The van der Waals surface area contributed by atoms with Gasteiger partial charge in [0.1, 0.15) is 6.04 Å². The standard InChI is InChI=1S/C11H20N2O3/c1-2-9(10(14)15)13-11(16)12-7-3-4-8-5-6-8/h8-9H,2-7H2,1H3,(H,14,15)(H2,12,13,16)/t9-/m0/s1. The molecule has 0 aliphatic heterocycles. The molecule has 0 aromatic rings. The topological polar surface area (TPSA) is 78.4 Å². The number of aliphatic carboxylic acids is 1. The lowest BCUT2D eigenvalue weighted by Gasteiger charge is -2.12. The molecule has 0 bridgehead atoms. The Kier molecular flexibility index (Phi) is 5.08. The third-order valence-electron chi connectivity index (χ3n) is 2.78. The Labute approximate surface area is 95.6 Å². The summed E-state index contributed by atoms with van der Waals surface area (Å²) < 4.78 is 0. The summed E-state index contributed by atoms with van der Waals surface area (Å²) in [5.41, 5.74) is 0. The number of hydrogen-bond donors (Lipinski definition) is 3. The maximum absolute atomic E-state index is 11.3. The Bertz CT molecular complexity index is 252. The molecular weight excluding hydrogens is 208 g/mol. The van der Waals surface area contributed by atoms with E-state index in [1.54, 1.807) is 6.92 Å².